The predicted molar refractivity (Wildman–Crippen MR) is 46.0 cm³/mol. The van der Waals surface area contributed by atoms with Crippen LogP contribution in [0.2, 0.25) is 0 Å². The molecule has 0 amide bonds. The van der Waals surface area contributed by atoms with Crippen LogP contribution >= 0.6 is 10.8 Å². The third kappa shape index (κ3) is 7.89. The van der Waals surface area contributed by atoms with Crippen molar-refractivity contribution in [3.05, 3.63) is 0 Å². The van der Waals surface area contributed by atoms with Crippen LogP contribution < -0.4 is 29.6 Å². The van der Waals surface area contributed by atoms with E-state index in [2.05, 4.69) is 0 Å². The van der Waals surface area contributed by atoms with Crippen molar-refractivity contribution in [1.82, 2.24) is 0 Å². The molecule has 86 valence electrons. The van der Waals surface area contributed by atoms with Crippen molar-refractivity contribution in [1.29, 1.82) is 0 Å². The summed E-state index contributed by atoms with van der Waals surface area (Å²) in [4.78, 5) is 0. The van der Waals surface area contributed by atoms with Crippen LogP contribution in [0.5, 0.6) is 0 Å². The molecule has 0 radical (unpaired) electrons. The zero-order chi connectivity index (χ0) is 11.8. The molecule has 0 unspecified atom stereocenters. The van der Waals surface area contributed by atoms with Crippen molar-refractivity contribution in [2.75, 3.05) is 0 Å². The molecule has 0 rings (SSSR count). The second-order valence-electron chi connectivity index (χ2n) is 1.84. The summed E-state index contributed by atoms with van der Waals surface area (Å²) in [6.45, 7) is 0. The molecule has 0 spiro atoms. The zero-order valence-corrected chi connectivity index (χ0v) is 12.3. The zero-order valence-electron chi connectivity index (χ0n) is 7.00. The van der Waals surface area contributed by atoms with Gasteiger partial charge in [-0.1, -0.05) is 0 Å². The van der Waals surface area contributed by atoms with Gasteiger partial charge in [0.15, 0.2) is 0 Å². The summed E-state index contributed by atoms with van der Waals surface area (Å²) in [6.07, 6.45) is 0. The smallest absolute Gasteiger partial charge is 0.284 e. The van der Waals surface area contributed by atoms with Gasteiger partial charge in [-0.25, -0.2) is 0 Å². The van der Waals surface area contributed by atoms with Gasteiger partial charge in [0.2, 0.25) is 0 Å². The van der Waals surface area contributed by atoms with Gasteiger partial charge in [0, 0.05) is 10.8 Å². The summed E-state index contributed by atoms with van der Waals surface area (Å²) < 4.78 is 82.7. The molecular formula is CH4NaO9S4+. The minimum Gasteiger partial charge on any atom is -0.284 e. The van der Waals surface area contributed by atoms with Crippen LogP contribution in [0.15, 0.2) is 0 Å². The van der Waals surface area contributed by atoms with Gasteiger partial charge in [0.05, 0.1) is 0 Å². The van der Waals surface area contributed by atoms with Crippen LogP contribution in [0, 0.1) is 0 Å². The van der Waals surface area contributed by atoms with Crippen LogP contribution in [-0.2, 0) is 29.4 Å². The predicted octanol–water partition coefficient (Wildman–Crippen LogP) is -4.41. The molecule has 14 heteroatoms. The molecule has 3 N–H and O–H groups in total. The van der Waals surface area contributed by atoms with E-state index in [0.717, 1.165) is 0 Å². The van der Waals surface area contributed by atoms with Crippen LogP contribution in [-0.4, -0.2) is 42.8 Å². The van der Waals surface area contributed by atoms with E-state index in [-0.39, 0.29) is 29.6 Å². The third-order valence-electron chi connectivity index (χ3n) is 0.687. The summed E-state index contributed by atoms with van der Waals surface area (Å²) in [6, 6.07) is 0. The van der Waals surface area contributed by atoms with Gasteiger partial charge >= 0.3 is 38.7 Å². The maximum Gasteiger partial charge on any atom is 1.00 e. The molecule has 0 aromatic heterocycles. The molecule has 0 fully saturated rings. The van der Waals surface area contributed by atoms with E-state index in [1.165, 1.54) is 0 Å². The van der Waals surface area contributed by atoms with Crippen LogP contribution in [0.1, 0.15) is 0 Å². The van der Waals surface area contributed by atoms with Gasteiger partial charge in [-0.3, -0.25) is 13.7 Å². The van der Waals surface area contributed by atoms with Crippen molar-refractivity contribution in [3.63, 3.8) is 0 Å². The molecule has 0 saturated heterocycles. The Bertz CT molecular complexity index is 462. The average molecular weight is 311 g/mol. The number of hydrogen-bond acceptors (Lipinski definition) is 7. The maximum atomic E-state index is 10.3. The fourth-order valence-corrected chi connectivity index (χ4v) is 6.74. The largest absolute Gasteiger partial charge is 1.00 e. The van der Waals surface area contributed by atoms with E-state index in [4.69, 9.17) is 13.7 Å². The Morgan fingerprint density at radius 3 is 1.13 bits per heavy atom. The van der Waals surface area contributed by atoms with Crippen molar-refractivity contribution >= 4 is 40.2 Å². The van der Waals surface area contributed by atoms with Gasteiger partial charge in [-0.15, -0.1) is 0 Å². The topological polar surface area (TPSA) is 163 Å². The SMILES string of the molecule is O=S(=O)(O)SC(S(=O)(=O)O)S(=O)(=O)O.[Na+]. The Balaban J connectivity index is 0. The first kappa shape index (κ1) is 18.4. The van der Waals surface area contributed by atoms with E-state index >= 15 is 0 Å². The molecule has 0 heterocycles. The number of rotatable bonds is 4. The van der Waals surface area contributed by atoms with Crippen molar-refractivity contribution in [2.45, 2.75) is 3.91 Å². The minimum atomic E-state index is -5.37. The molecule has 0 aliphatic carbocycles. The van der Waals surface area contributed by atoms with Gasteiger partial charge in [0.1, 0.15) is 0 Å². The Kier molecular flexibility index (Phi) is 6.90. The van der Waals surface area contributed by atoms with Crippen molar-refractivity contribution < 1.29 is 68.5 Å². The molecule has 15 heavy (non-hydrogen) atoms. The van der Waals surface area contributed by atoms with Crippen molar-refractivity contribution in [3.8, 4) is 0 Å². The van der Waals surface area contributed by atoms with Crippen molar-refractivity contribution in [2.24, 2.45) is 0 Å². The third-order valence-corrected chi connectivity index (χ3v) is 7.59. The van der Waals surface area contributed by atoms with Gasteiger partial charge in [-0.05, 0) is 0 Å². The molecular weight excluding hydrogens is 307 g/mol. The summed E-state index contributed by atoms with van der Waals surface area (Å²) in [5.74, 6) is 0. The van der Waals surface area contributed by atoms with Crippen LogP contribution in [0.3, 0.4) is 0 Å². The molecule has 0 aromatic rings. The molecule has 0 saturated carbocycles. The van der Waals surface area contributed by atoms with Crippen LogP contribution in [0.4, 0.5) is 0 Å². The summed E-state index contributed by atoms with van der Waals surface area (Å²) >= 11 is 0. The maximum absolute atomic E-state index is 10.3. The molecule has 0 aromatic carbocycles. The van der Waals surface area contributed by atoms with E-state index in [1.807, 2.05) is 0 Å². The molecule has 9 nitrogen and oxygen atoms in total. The first-order valence-electron chi connectivity index (χ1n) is 2.42. The Morgan fingerprint density at radius 2 is 1.07 bits per heavy atom. The number of hydrogen-bond donors (Lipinski definition) is 3. The summed E-state index contributed by atoms with van der Waals surface area (Å²) in [5.41, 5.74) is 0. The monoisotopic (exact) mass is 311 g/mol. The van der Waals surface area contributed by atoms with E-state index in [9.17, 15) is 25.3 Å². The van der Waals surface area contributed by atoms with Gasteiger partial charge in [-0.2, -0.15) is 25.3 Å². The Labute approximate surface area is 112 Å². The normalized spacial score (nSPS) is 13.6. The Morgan fingerprint density at radius 1 is 0.800 bits per heavy atom. The summed E-state index contributed by atoms with van der Waals surface area (Å²) in [7, 11) is -16.8. The van der Waals surface area contributed by atoms with E-state index in [0.29, 0.717) is 0 Å². The van der Waals surface area contributed by atoms with E-state index < -0.39 is 44.1 Å². The first-order valence-corrected chi connectivity index (χ1v) is 8.26. The molecule has 0 aliphatic heterocycles. The second-order valence-corrected chi connectivity index (χ2v) is 9.10. The molecule has 0 atom stereocenters. The quantitative estimate of drug-likeness (QED) is 0.262. The first-order chi connectivity index (χ1) is 5.84. The van der Waals surface area contributed by atoms with Gasteiger partial charge < -0.3 is 0 Å². The minimum absolute atomic E-state index is 0. The summed E-state index contributed by atoms with van der Waals surface area (Å²) in [5, 5.41) is 0. The average Bonchev–Trinajstić information content (AvgIpc) is 1.75. The van der Waals surface area contributed by atoms with Gasteiger partial charge in [0.25, 0.3) is 24.2 Å². The second kappa shape index (κ2) is 5.61. The standard InChI is InChI=1S/CH4O9S4.Na/c2-12(3,4)1(13(5,6)7)11-14(8,9)10;/h1H,(H,2,3,4)(H,5,6,7)(H,8,9,10);/q;+1. The fraction of sp³-hybridized carbons (Fsp3) is 1.00. The fourth-order valence-electron chi connectivity index (χ4n) is 0.352. The Hall–Kier alpha value is 1.08. The van der Waals surface area contributed by atoms with Crippen LogP contribution in [0.25, 0.3) is 0 Å². The molecule has 0 aliphatic rings. The molecule has 0 bridgehead atoms. The van der Waals surface area contributed by atoms with E-state index in [1.54, 1.807) is 0 Å².